The molecule has 0 bridgehead atoms. The van der Waals surface area contributed by atoms with Gasteiger partial charge in [-0.25, -0.2) is 0 Å². The zero-order valence-corrected chi connectivity index (χ0v) is 11.3. The molecule has 0 aromatic heterocycles. The minimum Gasteiger partial charge on any atom is -0.466 e. The maximum Gasteiger partial charge on any atom is 0.306 e. The van der Waals surface area contributed by atoms with E-state index in [2.05, 4.69) is 13.8 Å². The zero-order valence-electron chi connectivity index (χ0n) is 11.3. The Hall–Kier alpha value is -0.570. The van der Waals surface area contributed by atoms with E-state index in [1.54, 1.807) is 0 Å². The summed E-state index contributed by atoms with van der Waals surface area (Å²) >= 11 is 0. The number of ether oxygens (including phenoxy) is 2. The van der Waals surface area contributed by atoms with Crippen LogP contribution < -0.4 is 0 Å². The average Bonchev–Trinajstić information content (AvgIpc) is 3.06. The Labute approximate surface area is 104 Å². The van der Waals surface area contributed by atoms with Crippen molar-refractivity contribution in [2.24, 2.45) is 10.8 Å². The van der Waals surface area contributed by atoms with Crippen LogP contribution in [0.5, 0.6) is 0 Å². The van der Waals surface area contributed by atoms with Crippen LogP contribution in [-0.2, 0) is 14.3 Å². The van der Waals surface area contributed by atoms with E-state index in [-0.39, 0.29) is 11.4 Å². The van der Waals surface area contributed by atoms with Crippen LogP contribution in [0.1, 0.15) is 52.9 Å². The van der Waals surface area contributed by atoms with Crippen LogP contribution in [0, 0.1) is 10.8 Å². The molecule has 0 amide bonds. The van der Waals surface area contributed by atoms with Crippen LogP contribution >= 0.6 is 0 Å². The second-order valence-corrected chi connectivity index (χ2v) is 6.33. The first-order valence-electron chi connectivity index (χ1n) is 6.75. The molecule has 0 radical (unpaired) electrons. The van der Waals surface area contributed by atoms with Gasteiger partial charge in [0.25, 0.3) is 0 Å². The molecule has 1 unspecified atom stereocenters. The second kappa shape index (κ2) is 4.60. The number of hydrogen-bond acceptors (Lipinski definition) is 3. The van der Waals surface area contributed by atoms with Crippen molar-refractivity contribution in [1.29, 1.82) is 0 Å². The van der Waals surface area contributed by atoms with Gasteiger partial charge in [-0.1, -0.05) is 13.8 Å². The lowest BCUT2D eigenvalue weighted by atomic mass is 9.62. The highest BCUT2D eigenvalue weighted by Crippen LogP contribution is 2.52. The molecule has 1 heterocycles. The van der Waals surface area contributed by atoms with Gasteiger partial charge in [-0.2, -0.15) is 0 Å². The van der Waals surface area contributed by atoms with Crippen molar-refractivity contribution in [3.8, 4) is 0 Å². The molecule has 1 saturated heterocycles. The summed E-state index contributed by atoms with van der Waals surface area (Å²) in [6.07, 6.45) is 5.43. The number of carbonyl (C=O) groups excluding carboxylic acids is 1. The lowest BCUT2D eigenvalue weighted by Gasteiger charge is -2.42. The third-order valence-electron chi connectivity index (χ3n) is 4.42. The summed E-state index contributed by atoms with van der Waals surface area (Å²) in [4.78, 5) is 11.7. The van der Waals surface area contributed by atoms with Gasteiger partial charge in [0.15, 0.2) is 0 Å². The molecule has 0 spiro atoms. The van der Waals surface area contributed by atoms with Crippen LogP contribution in [0.3, 0.4) is 0 Å². The van der Waals surface area contributed by atoms with Crippen LogP contribution in [0.2, 0.25) is 0 Å². The van der Waals surface area contributed by atoms with Crippen molar-refractivity contribution < 1.29 is 14.3 Å². The van der Waals surface area contributed by atoms with Gasteiger partial charge in [-0.05, 0) is 38.0 Å². The predicted molar refractivity (Wildman–Crippen MR) is 65.7 cm³/mol. The Bertz CT molecular complexity index is 282. The molecule has 3 nitrogen and oxygen atoms in total. The molecule has 0 N–H and O–H groups in total. The third kappa shape index (κ3) is 3.01. The maximum absolute atomic E-state index is 11.7. The Morgan fingerprint density at radius 1 is 1.29 bits per heavy atom. The SMILES string of the molecule is CCOC(=O)CC1(C2CO2)CCC(C)(C)CC1. The van der Waals surface area contributed by atoms with Crippen molar-refractivity contribution in [3.63, 3.8) is 0 Å². The first kappa shape index (κ1) is 12.9. The van der Waals surface area contributed by atoms with Crippen LogP contribution in [0.25, 0.3) is 0 Å². The molecule has 1 aliphatic carbocycles. The van der Waals surface area contributed by atoms with Gasteiger partial charge in [0.1, 0.15) is 0 Å². The van der Waals surface area contributed by atoms with Crippen molar-refractivity contribution in [2.75, 3.05) is 13.2 Å². The lowest BCUT2D eigenvalue weighted by Crippen LogP contribution is -2.37. The minimum atomic E-state index is -0.0530. The van der Waals surface area contributed by atoms with Gasteiger partial charge in [-0.3, -0.25) is 4.79 Å². The molecular weight excluding hydrogens is 216 g/mol. The van der Waals surface area contributed by atoms with Gasteiger partial charge in [0.2, 0.25) is 0 Å². The first-order chi connectivity index (χ1) is 7.97. The van der Waals surface area contributed by atoms with E-state index >= 15 is 0 Å². The summed E-state index contributed by atoms with van der Waals surface area (Å²) in [6.45, 7) is 7.80. The normalized spacial score (nSPS) is 29.7. The fourth-order valence-corrected chi connectivity index (χ4v) is 2.94. The molecule has 1 atom stereocenters. The molecule has 1 saturated carbocycles. The Morgan fingerprint density at radius 3 is 2.35 bits per heavy atom. The molecule has 2 rings (SSSR count). The van der Waals surface area contributed by atoms with Crippen LogP contribution in [-0.4, -0.2) is 25.3 Å². The first-order valence-corrected chi connectivity index (χ1v) is 6.75. The minimum absolute atomic E-state index is 0.0530. The van der Waals surface area contributed by atoms with Gasteiger partial charge < -0.3 is 9.47 Å². The van der Waals surface area contributed by atoms with Crippen molar-refractivity contribution in [2.45, 2.75) is 59.0 Å². The molecule has 17 heavy (non-hydrogen) atoms. The van der Waals surface area contributed by atoms with Gasteiger partial charge in [0.05, 0.1) is 25.7 Å². The van der Waals surface area contributed by atoms with E-state index in [0.717, 1.165) is 19.4 Å². The standard InChI is InChI=1S/C14H24O3/c1-4-16-12(15)9-14(11-10-17-11)7-5-13(2,3)6-8-14/h11H,4-10H2,1-3H3. The number of hydrogen-bond donors (Lipinski definition) is 0. The summed E-state index contributed by atoms with van der Waals surface area (Å²) in [6, 6.07) is 0. The van der Waals surface area contributed by atoms with Crippen molar-refractivity contribution >= 4 is 5.97 Å². The summed E-state index contributed by atoms with van der Waals surface area (Å²) in [5.74, 6) is -0.0530. The number of rotatable bonds is 4. The molecule has 2 fully saturated rings. The fraction of sp³-hybridized carbons (Fsp3) is 0.929. The monoisotopic (exact) mass is 240 g/mol. The maximum atomic E-state index is 11.7. The molecule has 3 heteroatoms. The van der Waals surface area contributed by atoms with Crippen LogP contribution in [0.4, 0.5) is 0 Å². The molecule has 0 aromatic rings. The third-order valence-corrected chi connectivity index (χ3v) is 4.42. The largest absolute Gasteiger partial charge is 0.466 e. The quantitative estimate of drug-likeness (QED) is 0.560. The Kier molecular flexibility index (Phi) is 3.48. The van der Waals surface area contributed by atoms with Crippen molar-refractivity contribution in [1.82, 2.24) is 0 Å². The molecule has 98 valence electrons. The highest BCUT2D eigenvalue weighted by Gasteiger charge is 2.51. The van der Waals surface area contributed by atoms with E-state index in [0.29, 0.717) is 24.5 Å². The Morgan fingerprint density at radius 2 is 1.88 bits per heavy atom. The topological polar surface area (TPSA) is 38.8 Å². The zero-order chi connectivity index (χ0) is 12.5. The summed E-state index contributed by atoms with van der Waals surface area (Å²) < 4.78 is 10.6. The van der Waals surface area contributed by atoms with Gasteiger partial charge in [0, 0.05) is 5.41 Å². The Balaban J connectivity index is 1.99. The highest BCUT2D eigenvalue weighted by atomic mass is 16.6. The van der Waals surface area contributed by atoms with Crippen LogP contribution in [0.15, 0.2) is 0 Å². The summed E-state index contributed by atoms with van der Waals surface area (Å²) in [5.41, 5.74) is 0.495. The predicted octanol–water partition coefficient (Wildman–Crippen LogP) is 2.93. The lowest BCUT2D eigenvalue weighted by molar-refractivity contribution is -0.147. The average molecular weight is 240 g/mol. The van der Waals surface area contributed by atoms with E-state index in [9.17, 15) is 4.79 Å². The van der Waals surface area contributed by atoms with Gasteiger partial charge in [-0.15, -0.1) is 0 Å². The molecular formula is C14H24O3. The van der Waals surface area contributed by atoms with E-state index in [4.69, 9.17) is 9.47 Å². The number of carbonyl (C=O) groups is 1. The molecule has 0 aromatic carbocycles. The van der Waals surface area contributed by atoms with E-state index in [1.165, 1.54) is 12.8 Å². The highest BCUT2D eigenvalue weighted by molar-refractivity contribution is 5.70. The van der Waals surface area contributed by atoms with E-state index in [1.807, 2.05) is 6.92 Å². The second-order valence-electron chi connectivity index (χ2n) is 6.33. The fourth-order valence-electron chi connectivity index (χ4n) is 2.94. The molecule has 1 aliphatic heterocycles. The van der Waals surface area contributed by atoms with E-state index < -0.39 is 0 Å². The van der Waals surface area contributed by atoms with Gasteiger partial charge >= 0.3 is 5.97 Å². The number of esters is 1. The number of epoxide rings is 1. The summed E-state index contributed by atoms with van der Waals surface area (Å²) in [7, 11) is 0. The smallest absolute Gasteiger partial charge is 0.306 e. The summed E-state index contributed by atoms with van der Waals surface area (Å²) in [5, 5.41) is 0. The molecule has 2 aliphatic rings. The van der Waals surface area contributed by atoms with Crippen molar-refractivity contribution in [3.05, 3.63) is 0 Å².